The first kappa shape index (κ1) is 19.0. The van der Waals surface area contributed by atoms with E-state index < -0.39 is 30.4 Å². The Morgan fingerprint density at radius 2 is 1.65 bits per heavy atom. The van der Waals surface area contributed by atoms with Gasteiger partial charge in [-0.2, -0.15) is 0 Å². The van der Waals surface area contributed by atoms with Gasteiger partial charge in [-0.25, -0.2) is 4.79 Å². The molecule has 2 aromatic carbocycles. The molecule has 2 amide bonds. The van der Waals surface area contributed by atoms with Gasteiger partial charge in [-0.15, -0.1) is 0 Å². The molecule has 0 aliphatic heterocycles. The molecule has 7 heteroatoms. The molecule has 2 N–H and O–H groups in total. The van der Waals surface area contributed by atoms with Gasteiger partial charge < -0.3 is 20.1 Å². The Labute approximate surface area is 151 Å². The van der Waals surface area contributed by atoms with E-state index in [0.29, 0.717) is 17.0 Å². The summed E-state index contributed by atoms with van der Waals surface area (Å²) in [6.07, 6.45) is 0. The number of ether oxygens (including phenoxy) is 2. The Morgan fingerprint density at radius 3 is 2.27 bits per heavy atom. The van der Waals surface area contributed by atoms with E-state index in [0.717, 1.165) is 0 Å². The standard InChI is InChI=1S/C19H20N2O5/c1-13(20-18(23)14-6-4-3-5-7-14)19(24)26-12-17(22)21-15-8-10-16(25-2)11-9-15/h3-11,13H,12H2,1-2H3,(H,20,23)(H,21,22)/t13-/m0/s1. The second kappa shape index (κ2) is 9.22. The average Bonchev–Trinajstić information content (AvgIpc) is 2.67. The molecule has 0 unspecified atom stereocenters. The second-order valence-electron chi connectivity index (χ2n) is 5.45. The number of nitrogens with one attached hydrogen (secondary N) is 2. The van der Waals surface area contributed by atoms with E-state index in [2.05, 4.69) is 10.6 Å². The van der Waals surface area contributed by atoms with Gasteiger partial charge in [0.25, 0.3) is 11.8 Å². The van der Waals surface area contributed by atoms with E-state index in [4.69, 9.17) is 9.47 Å². The van der Waals surface area contributed by atoms with Gasteiger partial charge in [-0.1, -0.05) is 18.2 Å². The van der Waals surface area contributed by atoms with Crippen LogP contribution in [0.2, 0.25) is 0 Å². The van der Waals surface area contributed by atoms with Gasteiger partial charge in [-0.05, 0) is 43.3 Å². The van der Waals surface area contributed by atoms with E-state index >= 15 is 0 Å². The van der Waals surface area contributed by atoms with Crippen LogP contribution in [0.3, 0.4) is 0 Å². The normalized spacial score (nSPS) is 11.2. The van der Waals surface area contributed by atoms with Crippen LogP contribution in [-0.4, -0.2) is 37.5 Å². The third-order valence-corrected chi connectivity index (χ3v) is 3.46. The SMILES string of the molecule is COc1ccc(NC(=O)COC(=O)[C@H](C)NC(=O)c2ccccc2)cc1. The second-order valence-corrected chi connectivity index (χ2v) is 5.45. The maximum Gasteiger partial charge on any atom is 0.328 e. The monoisotopic (exact) mass is 356 g/mol. The molecule has 0 bridgehead atoms. The van der Waals surface area contributed by atoms with Gasteiger partial charge in [0.15, 0.2) is 6.61 Å². The first-order valence-electron chi connectivity index (χ1n) is 7.96. The topological polar surface area (TPSA) is 93.7 Å². The zero-order valence-electron chi connectivity index (χ0n) is 14.5. The third kappa shape index (κ3) is 5.62. The van der Waals surface area contributed by atoms with Gasteiger partial charge in [0.1, 0.15) is 11.8 Å². The number of hydrogen-bond donors (Lipinski definition) is 2. The summed E-state index contributed by atoms with van der Waals surface area (Å²) in [5.74, 6) is -0.903. The Hall–Kier alpha value is -3.35. The Morgan fingerprint density at radius 1 is 1.00 bits per heavy atom. The maximum atomic E-state index is 12.0. The molecule has 0 heterocycles. The van der Waals surface area contributed by atoms with E-state index in [-0.39, 0.29) is 0 Å². The van der Waals surface area contributed by atoms with Crippen molar-refractivity contribution in [2.24, 2.45) is 0 Å². The molecule has 0 saturated carbocycles. The van der Waals surface area contributed by atoms with Crippen molar-refractivity contribution in [3.8, 4) is 5.75 Å². The van der Waals surface area contributed by atoms with Crippen molar-refractivity contribution in [1.82, 2.24) is 5.32 Å². The molecule has 26 heavy (non-hydrogen) atoms. The van der Waals surface area contributed by atoms with Crippen LogP contribution in [0.15, 0.2) is 54.6 Å². The molecule has 2 aromatic rings. The van der Waals surface area contributed by atoms with Crippen molar-refractivity contribution in [1.29, 1.82) is 0 Å². The van der Waals surface area contributed by atoms with Gasteiger partial charge >= 0.3 is 5.97 Å². The first-order valence-corrected chi connectivity index (χ1v) is 7.96. The number of hydrogen-bond acceptors (Lipinski definition) is 5. The lowest BCUT2D eigenvalue weighted by Crippen LogP contribution is -2.40. The van der Waals surface area contributed by atoms with E-state index in [9.17, 15) is 14.4 Å². The van der Waals surface area contributed by atoms with Gasteiger partial charge in [0.2, 0.25) is 0 Å². The van der Waals surface area contributed by atoms with Crippen molar-refractivity contribution in [3.05, 3.63) is 60.2 Å². The van der Waals surface area contributed by atoms with Crippen LogP contribution in [0.1, 0.15) is 17.3 Å². The smallest absolute Gasteiger partial charge is 0.328 e. The fourth-order valence-corrected chi connectivity index (χ4v) is 2.06. The highest BCUT2D eigenvalue weighted by molar-refractivity contribution is 5.97. The van der Waals surface area contributed by atoms with Crippen LogP contribution in [0.4, 0.5) is 5.69 Å². The highest BCUT2D eigenvalue weighted by Gasteiger charge is 2.19. The zero-order chi connectivity index (χ0) is 18.9. The molecule has 2 rings (SSSR count). The number of benzene rings is 2. The predicted molar refractivity (Wildman–Crippen MR) is 96.0 cm³/mol. The zero-order valence-corrected chi connectivity index (χ0v) is 14.5. The van der Waals surface area contributed by atoms with Crippen molar-refractivity contribution >= 4 is 23.5 Å². The molecule has 0 saturated heterocycles. The van der Waals surface area contributed by atoms with Crippen LogP contribution >= 0.6 is 0 Å². The summed E-state index contributed by atoms with van der Waals surface area (Å²) < 4.78 is 9.96. The first-order chi connectivity index (χ1) is 12.5. The summed E-state index contributed by atoms with van der Waals surface area (Å²) >= 11 is 0. The molecule has 7 nitrogen and oxygen atoms in total. The fraction of sp³-hybridized carbons (Fsp3) is 0.211. The Kier molecular flexibility index (Phi) is 6.73. The molecule has 0 spiro atoms. The molecular weight excluding hydrogens is 336 g/mol. The van der Waals surface area contributed by atoms with Crippen LogP contribution in [0.25, 0.3) is 0 Å². The lowest BCUT2D eigenvalue weighted by molar-refractivity contribution is -0.148. The molecule has 1 atom stereocenters. The number of amides is 2. The number of anilines is 1. The highest BCUT2D eigenvalue weighted by Crippen LogP contribution is 2.14. The number of rotatable bonds is 7. The molecule has 0 aromatic heterocycles. The van der Waals surface area contributed by atoms with Crippen LogP contribution in [-0.2, 0) is 14.3 Å². The summed E-state index contributed by atoms with van der Waals surface area (Å²) in [6, 6.07) is 14.4. The van der Waals surface area contributed by atoms with Crippen molar-refractivity contribution in [2.75, 3.05) is 19.0 Å². The maximum absolute atomic E-state index is 12.0. The lowest BCUT2D eigenvalue weighted by Gasteiger charge is -2.13. The van der Waals surface area contributed by atoms with Gasteiger partial charge in [-0.3, -0.25) is 9.59 Å². The molecule has 136 valence electrons. The summed E-state index contributed by atoms with van der Waals surface area (Å²) in [6.45, 7) is 1.04. The van der Waals surface area contributed by atoms with Crippen LogP contribution in [0, 0.1) is 0 Å². The summed E-state index contributed by atoms with van der Waals surface area (Å²) in [5, 5.41) is 5.12. The van der Waals surface area contributed by atoms with Gasteiger partial charge in [0, 0.05) is 11.3 Å². The largest absolute Gasteiger partial charge is 0.497 e. The van der Waals surface area contributed by atoms with Crippen molar-refractivity contribution < 1.29 is 23.9 Å². The molecule has 0 aliphatic carbocycles. The van der Waals surface area contributed by atoms with Crippen LogP contribution < -0.4 is 15.4 Å². The fourth-order valence-electron chi connectivity index (χ4n) is 2.06. The summed E-state index contributed by atoms with van der Waals surface area (Å²) in [4.78, 5) is 35.7. The Bertz CT molecular complexity index is 759. The number of carbonyl (C=O) groups excluding carboxylic acids is 3. The molecule has 0 aliphatic rings. The number of methoxy groups -OCH3 is 1. The van der Waals surface area contributed by atoms with E-state index in [1.807, 2.05) is 0 Å². The van der Waals surface area contributed by atoms with Crippen LogP contribution in [0.5, 0.6) is 5.75 Å². The molecule has 0 radical (unpaired) electrons. The van der Waals surface area contributed by atoms with Gasteiger partial charge in [0.05, 0.1) is 7.11 Å². The predicted octanol–water partition coefficient (Wildman–Crippen LogP) is 2.00. The number of esters is 1. The summed E-state index contributed by atoms with van der Waals surface area (Å²) in [5.41, 5.74) is 0.988. The summed E-state index contributed by atoms with van der Waals surface area (Å²) in [7, 11) is 1.55. The van der Waals surface area contributed by atoms with Crippen molar-refractivity contribution in [3.63, 3.8) is 0 Å². The lowest BCUT2D eigenvalue weighted by atomic mass is 10.2. The number of carbonyl (C=O) groups is 3. The van der Waals surface area contributed by atoms with E-state index in [1.54, 1.807) is 61.7 Å². The molecule has 0 fully saturated rings. The highest BCUT2D eigenvalue weighted by atomic mass is 16.5. The Balaban J connectivity index is 1.77. The van der Waals surface area contributed by atoms with Crippen molar-refractivity contribution in [2.45, 2.75) is 13.0 Å². The molecular formula is C19H20N2O5. The quantitative estimate of drug-likeness (QED) is 0.740. The van der Waals surface area contributed by atoms with E-state index in [1.165, 1.54) is 6.92 Å². The third-order valence-electron chi connectivity index (χ3n) is 3.46. The minimum Gasteiger partial charge on any atom is -0.497 e. The minimum atomic E-state index is -0.878. The minimum absolute atomic E-state index is 0.391. The average molecular weight is 356 g/mol.